The highest BCUT2D eigenvalue weighted by Gasteiger charge is 2.40. The van der Waals surface area contributed by atoms with E-state index in [-0.39, 0.29) is 27.8 Å². The van der Waals surface area contributed by atoms with E-state index in [2.05, 4.69) is 35.9 Å². The summed E-state index contributed by atoms with van der Waals surface area (Å²) in [5.74, 6) is -0.407. The van der Waals surface area contributed by atoms with Crippen molar-refractivity contribution in [3.63, 3.8) is 0 Å². The molecule has 3 N–H and O–H groups in total. The number of hydrogen-bond acceptors (Lipinski definition) is 8. The Kier molecular flexibility index (Phi) is 6.56. The zero-order valence-corrected chi connectivity index (χ0v) is 24.7. The SMILES string of the molecule is CC1(C)Cc2c(sc(=S)n2-c2ccccc2)-c2c1sc(NC1=C(Cl)C(c3ccccc3)C(C#N)=C(N)O1)c2C#N. The molecular weight excluding hydrogens is 578 g/mol. The van der Waals surface area contributed by atoms with Gasteiger partial charge in [-0.25, -0.2) is 0 Å². The number of thiophene rings is 1. The summed E-state index contributed by atoms with van der Waals surface area (Å²) in [6, 6.07) is 24.1. The van der Waals surface area contributed by atoms with E-state index < -0.39 is 5.92 Å². The summed E-state index contributed by atoms with van der Waals surface area (Å²) in [5, 5.41) is 24.4. The quantitative estimate of drug-likeness (QED) is 0.230. The topological polar surface area (TPSA) is 99.8 Å². The average molecular weight is 600 g/mol. The molecule has 6 nitrogen and oxygen atoms in total. The maximum atomic E-state index is 10.4. The van der Waals surface area contributed by atoms with Crippen molar-refractivity contribution >= 4 is 51.5 Å². The van der Waals surface area contributed by atoms with Crippen LogP contribution >= 0.6 is 46.5 Å². The molecule has 1 aliphatic carbocycles. The van der Waals surface area contributed by atoms with Gasteiger partial charge in [-0.1, -0.05) is 74.0 Å². The first kappa shape index (κ1) is 26.4. The monoisotopic (exact) mass is 599 g/mol. The molecule has 0 amide bonds. The minimum absolute atomic E-state index is 0.0244. The van der Waals surface area contributed by atoms with E-state index in [4.69, 9.17) is 34.3 Å². The molecule has 2 aromatic heterocycles. The van der Waals surface area contributed by atoms with Crippen LogP contribution < -0.4 is 11.1 Å². The first-order valence-electron chi connectivity index (χ1n) is 12.4. The molecule has 6 rings (SSSR count). The van der Waals surface area contributed by atoms with Crippen LogP contribution in [-0.2, 0) is 16.6 Å². The van der Waals surface area contributed by atoms with Gasteiger partial charge < -0.3 is 15.8 Å². The molecular formula is C30H22ClN5OS3. The molecule has 1 aliphatic heterocycles. The Morgan fingerprint density at radius 3 is 2.40 bits per heavy atom. The summed E-state index contributed by atoms with van der Waals surface area (Å²) in [5.41, 5.74) is 10.5. The zero-order valence-electron chi connectivity index (χ0n) is 21.5. The van der Waals surface area contributed by atoms with Crippen LogP contribution in [0.4, 0.5) is 5.00 Å². The molecule has 2 aromatic carbocycles. The maximum Gasteiger partial charge on any atom is 0.216 e. The number of fused-ring (bicyclic) bond motifs is 3. The number of nitrogens with zero attached hydrogens (tertiary/aromatic N) is 3. The minimum atomic E-state index is -0.586. The highest BCUT2D eigenvalue weighted by molar-refractivity contribution is 7.73. The van der Waals surface area contributed by atoms with E-state index in [0.717, 1.165) is 42.6 Å². The van der Waals surface area contributed by atoms with Crippen LogP contribution in [0.5, 0.6) is 0 Å². The molecule has 2 aliphatic rings. The van der Waals surface area contributed by atoms with Crippen molar-refractivity contribution in [1.82, 2.24) is 4.57 Å². The molecule has 198 valence electrons. The number of nitrogens with one attached hydrogen (secondary N) is 1. The lowest BCUT2D eigenvalue weighted by atomic mass is 9.78. The van der Waals surface area contributed by atoms with Crippen molar-refractivity contribution < 1.29 is 4.74 Å². The van der Waals surface area contributed by atoms with E-state index in [9.17, 15) is 10.5 Å². The van der Waals surface area contributed by atoms with Crippen LogP contribution in [0.3, 0.4) is 0 Å². The van der Waals surface area contributed by atoms with Crippen LogP contribution in [0.1, 0.15) is 41.5 Å². The number of aromatic nitrogens is 1. The fourth-order valence-electron chi connectivity index (χ4n) is 5.29. The van der Waals surface area contributed by atoms with E-state index in [1.165, 1.54) is 22.7 Å². The molecule has 0 fully saturated rings. The Morgan fingerprint density at radius 1 is 1.07 bits per heavy atom. The summed E-state index contributed by atoms with van der Waals surface area (Å²) < 4.78 is 8.70. The van der Waals surface area contributed by atoms with Crippen LogP contribution in [0.2, 0.25) is 0 Å². The number of thiazole rings is 1. The van der Waals surface area contributed by atoms with Crippen molar-refractivity contribution in [2.75, 3.05) is 5.32 Å². The number of anilines is 1. The Bertz CT molecular complexity index is 1870. The molecule has 3 heterocycles. The Morgan fingerprint density at radius 2 is 1.75 bits per heavy atom. The van der Waals surface area contributed by atoms with Crippen LogP contribution in [0, 0.1) is 26.6 Å². The normalized spacial score (nSPS) is 17.4. The van der Waals surface area contributed by atoms with Gasteiger partial charge in [-0.3, -0.25) is 4.57 Å². The lowest BCUT2D eigenvalue weighted by Crippen LogP contribution is -2.25. The lowest BCUT2D eigenvalue weighted by molar-refractivity contribution is 0.288. The van der Waals surface area contributed by atoms with Gasteiger partial charge in [0.05, 0.1) is 21.4 Å². The lowest BCUT2D eigenvalue weighted by Gasteiger charge is -2.30. The van der Waals surface area contributed by atoms with Gasteiger partial charge in [-0.2, -0.15) is 10.5 Å². The van der Waals surface area contributed by atoms with E-state index in [1.54, 1.807) is 0 Å². The summed E-state index contributed by atoms with van der Waals surface area (Å²) in [6.07, 6.45) is 0.763. The second-order valence-electron chi connectivity index (χ2n) is 10.1. The minimum Gasteiger partial charge on any atom is -0.423 e. The number of para-hydroxylation sites is 1. The van der Waals surface area contributed by atoms with Crippen molar-refractivity contribution in [3.05, 3.63) is 109 Å². The maximum absolute atomic E-state index is 10.4. The van der Waals surface area contributed by atoms with Gasteiger partial charge >= 0.3 is 0 Å². The summed E-state index contributed by atoms with van der Waals surface area (Å²) in [6.45, 7) is 4.36. The predicted molar refractivity (Wildman–Crippen MR) is 163 cm³/mol. The van der Waals surface area contributed by atoms with Crippen molar-refractivity contribution in [2.45, 2.75) is 31.6 Å². The van der Waals surface area contributed by atoms with Crippen molar-refractivity contribution in [2.24, 2.45) is 5.73 Å². The molecule has 1 atom stereocenters. The Labute approximate surface area is 249 Å². The number of nitriles is 2. The van der Waals surface area contributed by atoms with Gasteiger partial charge in [-0.05, 0) is 36.3 Å². The van der Waals surface area contributed by atoms with Gasteiger partial charge in [-0.15, -0.1) is 22.7 Å². The second-order valence-corrected chi connectivity index (χ2v) is 13.2. The largest absolute Gasteiger partial charge is 0.423 e. The predicted octanol–water partition coefficient (Wildman–Crippen LogP) is 8.03. The fraction of sp³-hybridized carbons (Fsp3) is 0.167. The molecule has 0 radical (unpaired) electrons. The third kappa shape index (κ3) is 4.14. The molecule has 0 bridgehead atoms. The molecule has 0 saturated heterocycles. The molecule has 1 unspecified atom stereocenters. The number of hydrogen-bond donors (Lipinski definition) is 2. The Balaban J connectivity index is 1.49. The zero-order chi connectivity index (χ0) is 28.2. The number of ether oxygens (including phenoxy) is 1. The molecule has 0 spiro atoms. The summed E-state index contributed by atoms with van der Waals surface area (Å²) >= 11 is 15.7. The third-order valence-corrected chi connectivity index (χ3v) is 10.4. The van der Waals surface area contributed by atoms with E-state index in [0.29, 0.717) is 10.6 Å². The van der Waals surface area contributed by atoms with Crippen LogP contribution in [-0.4, -0.2) is 4.57 Å². The first-order chi connectivity index (χ1) is 19.2. The van der Waals surface area contributed by atoms with E-state index >= 15 is 0 Å². The second kappa shape index (κ2) is 9.96. The average Bonchev–Trinajstić information content (AvgIpc) is 3.48. The van der Waals surface area contributed by atoms with Gasteiger partial charge in [0.1, 0.15) is 22.7 Å². The Hall–Kier alpha value is -3.86. The third-order valence-electron chi connectivity index (χ3n) is 7.11. The molecule has 10 heteroatoms. The highest BCUT2D eigenvalue weighted by atomic mass is 35.5. The number of nitrogens with two attached hydrogens (primary N) is 1. The van der Waals surface area contributed by atoms with Crippen molar-refractivity contribution in [1.29, 1.82) is 10.5 Å². The molecule has 40 heavy (non-hydrogen) atoms. The fourth-order valence-corrected chi connectivity index (χ4v) is 8.47. The number of benzene rings is 2. The standard InChI is InChI=1S/C30H22ClN5OS3/c1-30(2)13-20-24(39-29(38)36(20)17-11-7-4-8-12-17)22-19(15-33)28(40-25(22)30)35-27-23(31)21(16-9-5-3-6-10-16)18(14-32)26(34)37-27/h3-12,21,35H,13,34H2,1-2H3. The summed E-state index contributed by atoms with van der Waals surface area (Å²) in [4.78, 5) is 2.09. The molecule has 4 aromatic rings. The molecule has 0 saturated carbocycles. The number of rotatable bonds is 4. The smallest absolute Gasteiger partial charge is 0.216 e. The van der Waals surface area contributed by atoms with Crippen LogP contribution in [0.15, 0.2) is 83.0 Å². The van der Waals surface area contributed by atoms with Gasteiger partial charge in [0.25, 0.3) is 0 Å². The summed E-state index contributed by atoms with van der Waals surface area (Å²) in [7, 11) is 0. The van der Waals surface area contributed by atoms with Gasteiger partial charge in [0.2, 0.25) is 11.8 Å². The van der Waals surface area contributed by atoms with E-state index in [1.807, 2.05) is 60.7 Å². The number of halogens is 1. The van der Waals surface area contributed by atoms with Crippen molar-refractivity contribution in [3.8, 4) is 28.3 Å². The first-order valence-corrected chi connectivity index (χ1v) is 14.8. The van der Waals surface area contributed by atoms with Crippen LogP contribution in [0.25, 0.3) is 16.1 Å². The van der Waals surface area contributed by atoms with Gasteiger partial charge in [0, 0.05) is 27.2 Å². The van der Waals surface area contributed by atoms with Gasteiger partial charge in [0.15, 0.2) is 3.95 Å². The number of allylic oxidation sites excluding steroid dienone is 2. The highest BCUT2D eigenvalue weighted by Crippen LogP contribution is 2.54.